The van der Waals surface area contributed by atoms with Crippen LogP contribution >= 0.6 is 0 Å². The molecule has 1 aliphatic heterocycles. The summed E-state index contributed by atoms with van der Waals surface area (Å²) in [6.07, 6.45) is 0.382. The molecule has 1 aromatic rings. The van der Waals surface area contributed by atoms with Crippen LogP contribution in [0, 0.1) is 11.3 Å². The third kappa shape index (κ3) is 2.48. The highest BCUT2D eigenvalue weighted by molar-refractivity contribution is 5.56. The summed E-state index contributed by atoms with van der Waals surface area (Å²) in [7, 11) is 0. The standard InChI is InChI=1S/C13H11F3N2/c14-13(15,16)12-5-4-11(8-10(12)9-17)18-6-2-1-3-7-18/h1-2,4-5,8H,3,6-7H2. The molecule has 1 heterocycles. The number of anilines is 1. The van der Waals surface area contributed by atoms with Crippen molar-refractivity contribution in [1.82, 2.24) is 0 Å². The zero-order valence-corrected chi connectivity index (χ0v) is 9.54. The van der Waals surface area contributed by atoms with Crippen molar-refractivity contribution in [1.29, 1.82) is 5.26 Å². The number of alkyl halides is 3. The largest absolute Gasteiger partial charge is 0.417 e. The van der Waals surface area contributed by atoms with E-state index in [0.29, 0.717) is 12.2 Å². The molecule has 1 aromatic carbocycles. The lowest BCUT2D eigenvalue weighted by Gasteiger charge is -2.26. The highest BCUT2D eigenvalue weighted by Crippen LogP contribution is 2.33. The molecule has 94 valence electrons. The maximum Gasteiger partial charge on any atom is 0.417 e. The van der Waals surface area contributed by atoms with Crippen LogP contribution in [-0.4, -0.2) is 13.1 Å². The Morgan fingerprint density at radius 2 is 2.00 bits per heavy atom. The highest BCUT2D eigenvalue weighted by atomic mass is 19.4. The molecule has 0 saturated carbocycles. The summed E-state index contributed by atoms with van der Waals surface area (Å²) >= 11 is 0. The molecular formula is C13H11F3N2. The molecule has 0 aliphatic carbocycles. The van der Waals surface area contributed by atoms with E-state index in [1.807, 2.05) is 17.1 Å². The van der Waals surface area contributed by atoms with E-state index in [2.05, 4.69) is 0 Å². The lowest BCUT2D eigenvalue weighted by Crippen LogP contribution is -2.26. The molecule has 0 N–H and O–H groups in total. The van der Waals surface area contributed by atoms with Crippen LogP contribution in [-0.2, 0) is 6.18 Å². The number of rotatable bonds is 1. The van der Waals surface area contributed by atoms with Crippen molar-refractivity contribution in [3.63, 3.8) is 0 Å². The SMILES string of the molecule is N#Cc1cc(N2CC=CCC2)ccc1C(F)(F)F. The van der Waals surface area contributed by atoms with Gasteiger partial charge in [-0.1, -0.05) is 12.2 Å². The van der Waals surface area contributed by atoms with Crippen molar-refractivity contribution in [2.24, 2.45) is 0 Å². The summed E-state index contributed by atoms with van der Waals surface area (Å²) in [6.45, 7) is 1.42. The van der Waals surface area contributed by atoms with Crippen molar-refractivity contribution in [3.8, 4) is 6.07 Å². The van der Waals surface area contributed by atoms with Gasteiger partial charge in [0.25, 0.3) is 0 Å². The molecule has 0 amide bonds. The zero-order chi connectivity index (χ0) is 13.2. The fourth-order valence-corrected chi connectivity index (χ4v) is 1.94. The third-order valence-corrected chi connectivity index (χ3v) is 2.85. The maximum atomic E-state index is 12.6. The summed E-state index contributed by atoms with van der Waals surface area (Å²) in [5, 5.41) is 8.82. The molecule has 2 rings (SSSR count). The first-order chi connectivity index (χ1) is 8.52. The minimum Gasteiger partial charge on any atom is -0.367 e. The van der Waals surface area contributed by atoms with E-state index < -0.39 is 11.7 Å². The van der Waals surface area contributed by atoms with Gasteiger partial charge in [-0.25, -0.2) is 0 Å². The van der Waals surface area contributed by atoms with Crippen LogP contribution in [0.1, 0.15) is 17.5 Å². The van der Waals surface area contributed by atoms with E-state index in [1.54, 1.807) is 6.07 Å². The molecule has 0 radical (unpaired) electrons. The van der Waals surface area contributed by atoms with Gasteiger partial charge in [-0.15, -0.1) is 0 Å². The molecule has 0 bridgehead atoms. The van der Waals surface area contributed by atoms with Gasteiger partial charge >= 0.3 is 6.18 Å². The molecular weight excluding hydrogens is 241 g/mol. The van der Waals surface area contributed by atoms with Crippen LogP contribution in [0.2, 0.25) is 0 Å². The molecule has 0 fully saturated rings. The van der Waals surface area contributed by atoms with Crippen LogP contribution in [0.4, 0.5) is 18.9 Å². The van der Waals surface area contributed by atoms with Crippen molar-refractivity contribution >= 4 is 5.69 Å². The van der Waals surface area contributed by atoms with Crippen LogP contribution in [0.25, 0.3) is 0 Å². The molecule has 2 nitrogen and oxygen atoms in total. The fraction of sp³-hybridized carbons (Fsp3) is 0.308. The summed E-state index contributed by atoms with van der Waals surface area (Å²) in [4.78, 5) is 1.95. The second-order valence-corrected chi connectivity index (χ2v) is 4.05. The first-order valence-electron chi connectivity index (χ1n) is 5.53. The van der Waals surface area contributed by atoms with Crippen molar-refractivity contribution < 1.29 is 13.2 Å². The second-order valence-electron chi connectivity index (χ2n) is 4.05. The average molecular weight is 252 g/mol. The molecule has 5 heteroatoms. The third-order valence-electron chi connectivity index (χ3n) is 2.85. The Morgan fingerprint density at radius 3 is 2.56 bits per heavy atom. The van der Waals surface area contributed by atoms with E-state index in [-0.39, 0.29) is 5.56 Å². The van der Waals surface area contributed by atoms with Gasteiger partial charge in [-0.05, 0) is 24.6 Å². The number of hydrogen-bond acceptors (Lipinski definition) is 2. The lowest BCUT2D eigenvalue weighted by molar-refractivity contribution is -0.137. The van der Waals surface area contributed by atoms with E-state index in [0.717, 1.165) is 19.0 Å². The van der Waals surface area contributed by atoms with Gasteiger partial charge in [0.15, 0.2) is 0 Å². The molecule has 0 aromatic heterocycles. The first-order valence-corrected chi connectivity index (χ1v) is 5.53. The van der Waals surface area contributed by atoms with E-state index in [9.17, 15) is 13.2 Å². The van der Waals surface area contributed by atoms with Gasteiger partial charge in [0.2, 0.25) is 0 Å². The van der Waals surface area contributed by atoms with E-state index in [4.69, 9.17) is 5.26 Å². The summed E-state index contributed by atoms with van der Waals surface area (Å²) in [5.41, 5.74) is -0.542. The smallest absolute Gasteiger partial charge is 0.367 e. The molecule has 1 aliphatic rings. The van der Waals surface area contributed by atoms with Crippen LogP contribution < -0.4 is 4.90 Å². The fourth-order valence-electron chi connectivity index (χ4n) is 1.94. The quantitative estimate of drug-likeness (QED) is 0.717. The molecule has 18 heavy (non-hydrogen) atoms. The van der Waals surface area contributed by atoms with Gasteiger partial charge in [0.05, 0.1) is 17.2 Å². The van der Waals surface area contributed by atoms with Gasteiger partial charge in [0, 0.05) is 18.8 Å². The molecule has 0 unspecified atom stereocenters. The zero-order valence-electron chi connectivity index (χ0n) is 9.54. The topological polar surface area (TPSA) is 27.0 Å². The van der Waals surface area contributed by atoms with Gasteiger partial charge in [0.1, 0.15) is 0 Å². The first kappa shape index (κ1) is 12.5. The number of nitriles is 1. The Bertz CT molecular complexity index is 512. The van der Waals surface area contributed by atoms with Crippen LogP contribution in [0.3, 0.4) is 0 Å². The van der Waals surface area contributed by atoms with Crippen molar-refractivity contribution in [3.05, 3.63) is 41.5 Å². The number of nitrogens with zero attached hydrogens (tertiary/aromatic N) is 2. The summed E-state index contributed by atoms with van der Waals surface area (Å²) in [5.74, 6) is 0. The number of benzene rings is 1. The Labute approximate surface area is 103 Å². The minimum atomic E-state index is -4.48. The molecule has 0 atom stereocenters. The van der Waals surface area contributed by atoms with Gasteiger partial charge in [-0.2, -0.15) is 18.4 Å². The van der Waals surface area contributed by atoms with Gasteiger partial charge < -0.3 is 4.90 Å². The van der Waals surface area contributed by atoms with Crippen LogP contribution in [0.15, 0.2) is 30.4 Å². The summed E-state index contributed by atoms with van der Waals surface area (Å²) in [6, 6.07) is 5.32. The van der Waals surface area contributed by atoms with E-state index >= 15 is 0 Å². The highest BCUT2D eigenvalue weighted by Gasteiger charge is 2.33. The average Bonchev–Trinajstić information content (AvgIpc) is 2.38. The Balaban J connectivity index is 2.36. The van der Waals surface area contributed by atoms with Gasteiger partial charge in [-0.3, -0.25) is 0 Å². The lowest BCUT2D eigenvalue weighted by atomic mass is 10.1. The number of halogens is 3. The Kier molecular flexibility index (Phi) is 3.28. The summed E-state index contributed by atoms with van der Waals surface area (Å²) < 4.78 is 37.9. The molecule has 0 saturated heterocycles. The number of hydrogen-bond donors (Lipinski definition) is 0. The Hall–Kier alpha value is -1.96. The Morgan fingerprint density at radius 1 is 1.22 bits per heavy atom. The van der Waals surface area contributed by atoms with Crippen LogP contribution in [0.5, 0.6) is 0 Å². The normalized spacial score (nSPS) is 15.6. The van der Waals surface area contributed by atoms with Crippen molar-refractivity contribution in [2.45, 2.75) is 12.6 Å². The predicted molar refractivity (Wildman–Crippen MR) is 62.1 cm³/mol. The maximum absolute atomic E-state index is 12.6. The van der Waals surface area contributed by atoms with Crippen molar-refractivity contribution in [2.75, 3.05) is 18.0 Å². The molecule has 0 spiro atoms. The van der Waals surface area contributed by atoms with E-state index in [1.165, 1.54) is 12.1 Å². The monoisotopic (exact) mass is 252 g/mol. The predicted octanol–water partition coefficient (Wildman–Crippen LogP) is 3.34. The minimum absolute atomic E-state index is 0.324. The second kappa shape index (κ2) is 4.73.